The summed E-state index contributed by atoms with van der Waals surface area (Å²) in [4.78, 5) is 12.6. The molecule has 1 aromatic carbocycles. The summed E-state index contributed by atoms with van der Waals surface area (Å²) < 4.78 is 11.5. The molecular weight excluding hydrogens is 316 g/mol. The Kier molecular flexibility index (Phi) is 4.69. The van der Waals surface area contributed by atoms with Crippen LogP contribution >= 0.6 is 0 Å². The second kappa shape index (κ2) is 6.96. The second-order valence-electron chi connectivity index (χ2n) is 7.77. The first kappa shape index (κ1) is 16.9. The quantitative estimate of drug-likeness (QED) is 0.882. The van der Waals surface area contributed by atoms with Crippen LogP contribution < -0.4 is 15.4 Å². The number of carbonyl (C=O) groups is 1. The van der Waals surface area contributed by atoms with Crippen molar-refractivity contribution in [2.75, 3.05) is 31.6 Å². The van der Waals surface area contributed by atoms with E-state index >= 15 is 0 Å². The average molecular weight is 344 g/mol. The molecule has 1 atom stereocenters. The highest BCUT2D eigenvalue weighted by Gasteiger charge is 2.57. The Hall–Kier alpha value is -1.59. The summed E-state index contributed by atoms with van der Waals surface area (Å²) in [6.07, 6.45) is 5.42. The van der Waals surface area contributed by atoms with Gasteiger partial charge in [0.15, 0.2) is 0 Å². The molecule has 2 heterocycles. The number of anilines is 1. The lowest BCUT2D eigenvalue weighted by molar-refractivity contribution is -0.118. The van der Waals surface area contributed by atoms with Crippen molar-refractivity contribution in [3.8, 4) is 5.75 Å². The summed E-state index contributed by atoms with van der Waals surface area (Å²) in [5, 5.41) is 6.50. The summed E-state index contributed by atoms with van der Waals surface area (Å²) >= 11 is 0. The van der Waals surface area contributed by atoms with Gasteiger partial charge in [-0.25, -0.2) is 0 Å². The van der Waals surface area contributed by atoms with Crippen LogP contribution in [-0.4, -0.2) is 38.3 Å². The van der Waals surface area contributed by atoms with Crippen LogP contribution in [0.2, 0.25) is 0 Å². The van der Waals surface area contributed by atoms with Gasteiger partial charge >= 0.3 is 0 Å². The number of ether oxygens (including phenoxy) is 2. The van der Waals surface area contributed by atoms with Gasteiger partial charge < -0.3 is 20.1 Å². The fourth-order valence-corrected chi connectivity index (χ4v) is 4.26. The van der Waals surface area contributed by atoms with Gasteiger partial charge in [0, 0.05) is 24.4 Å². The van der Waals surface area contributed by atoms with Gasteiger partial charge in [-0.2, -0.15) is 0 Å². The zero-order chi connectivity index (χ0) is 17.3. The average Bonchev–Trinajstić information content (AvgIpc) is 3.32. The summed E-state index contributed by atoms with van der Waals surface area (Å²) in [5.74, 6) is 1.28. The molecule has 5 nitrogen and oxygen atoms in total. The number of benzene rings is 1. The predicted molar refractivity (Wildman–Crippen MR) is 96.9 cm³/mol. The molecule has 25 heavy (non-hydrogen) atoms. The number of amides is 1. The van der Waals surface area contributed by atoms with Gasteiger partial charge in [-0.3, -0.25) is 4.79 Å². The van der Waals surface area contributed by atoms with Crippen molar-refractivity contribution in [1.29, 1.82) is 0 Å². The smallest absolute Gasteiger partial charge is 0.228 e. The molecular formula is C20H28N2O3. The molecule has 5 heteroatoms. The van der Waals surface area contributed by atoms with E-state index < -0.39 is 0 Å². The van der Waals surface area contributed by atoms with E-state index in [2.05, 4.69) is 10.6 Å². The molecule has 3 aliphatic rings. The number of aryl methyl sites for hydroxylation is 1. The molecule has 0 bridgehead atoms. The van der Waals surface area contributed by atoms with Crippen molar-refractivity contribution in [1.82, 2.24) is 5.32 Å². The van der Waals surface area contributed by atoms with Crippen molar-refractivity contribution in [2.45, 2.75) is 45.1 Å². The molecule has 1 saturated carbocycles. The zero-order valence-electron chi connectivity index (χ0n) is 15.0. The maximum Gasteiger partial charge on any atom is 0.228 e. The van der Waals surface area contributed by atoms with E-state index in [1.807, 2.05) is 25.1 Å². The normalized spacial score (nSPS) is 25.6. The van der Waals surface area contributed by atoms with Crippen LogP contribution in [0, 0.1) is 18.3 Å². The molecule has 0 radical (unpaired) electrons. The highest BCUT2D eigenvalue weighted by molar-refractivity contribution is 5.95. The lowest BCUT2D eigenvalue weighted by Gasteiger charge is -2.24. The lowest BCUT2D eigenvalue weighted by Crippen LogP contribution is -2.31. The van der Waals surface area contributed by atoms with Crippen molar-refractivity contribution in [2.24, 2.45) is 11.3 Å². The van der Waals surface area contributed by atoms with E-state index in [-0.39, 0.29) is 23.3 Å². The Morgan fingerprint density at radius 3 is 2.76 bits per heavy atom. The minimum absolute atomic E-state index is 0.180. The van der Waals surface area contributed by atoms with E-state index in [1.165, 1.54) is 0 Å². The first-order valence-corrected chi connectivity index (χ1v) is 9.53. The van der Waals surface area contributed by atoms with Gasteiger partial charge in [0.05, 0.1) is 13.2 Å². The Morgan fingerprint density at radius 2 is 2.04 bits per heavy atom. The van der Waals surface area contributed by atoms with Crippen LogP contribution in [0.25, 0.3) is 0 Å². The van der Waals surface area contributed by atoms with Crippen LogP contribution in [0.15, 0.2) is 18.2 Å². The summed E-state index contributed by atoms with van der Waals surface area (Å²) in [6, 6.07) is 5.95. The minimum Gasteiger partial charge on any atom is -0.490 e. The Bertz CT molecular complexity index is 634. The maximum absolute atomic E-state index is 12.6. The third kappa shape index (κ3) is 3.67. The number of nitrogens with one attached hydrogen (secondary N) is 2. The number of piperidine rings is 1. The third-order valence-electron chi connectivity index (χ3n) is 6.01. The van der Waals surface area contributed by atoms with E-state index in [0.717, 1.165) is 75.4 Å². The second-order valence-corrected chi connectivity index (χ2v) is 7.77. The molecule has 2 aliphatic heterocycles. The summed E-state index contributed by atoms with van der Waals surface area (Å²) in [7, 11) is 0. The predicted octanol–water partition coefficient (Wildman–Crippen LogP) is 2.88. The molecule has 1 amide bonds. The Balaban J connectivity index is 1.35. The molecule has 1 aromatic rings. The highest BCUT2D eigenvalue weighted by Crippen LogP contribution is 2.58. The van der Waals surface area contributed by atoms with E-state index in [4.69, 9.17) is 9.47 Å². The molecule has 3 fully saturated rings. The van der Waals surface area contributed by atoms with Gasteiger partial charge in [-0.15, -0.1) is 0 Å². The highest BCUT2D eigenvalue weighted by atomic mass is 16.5. The van der Waals surface area contributed by atoms with Gasteiger partial charge in [-0.1, -0.05) is 0 Å². The molecule has 2 saturated heterocycles. The Labute approximate surface area is 149 Å². The van der Waals surface area contributed by atoms with Crippen LogP contribution in [0.4, 0.5) is 5.69 Å². The lowest BCUT2D eigenvalue weighted by atomic mass is 9.92. The van der Waals surface area contributed by atoms with Crippen molar-refractivity contribution >= 4 is 11.6 Å². The maximum atomic E-state index is 12.6. The van der Waals surface area contributed by atoms with Crippen LogP contribution in [0.1, 0.15) is 37.7 Å². The van der Waals surface area contributed by atoms with Gasteiger partial charge in [-0.05, 0) is 68.5 Å². The molecule has 0 aromatic heterocycles. The van der Waals surface area contributed by atoms with E-state index in [0.29, 0.717) is 0 Å². The number of rotatable bonds is 4. The van der Waals surface area contributed by atoms with Crippen LogP contribution in [0.5, 0.6) is 5.75 Å². The summed E-state index contributed by atoms with van der Waals surface area (Å²) in [5.41, 5.74) is 2.21. The van der Waals surface area contributed by atoms with Gasteiger partial charge in [0.25, 0.3) is 0 Å². The SMILES string of the molecule is Cc1cc(NC(=O)C2CC23CCNCC3)ccc1OC1CCOCC1. The van der Waals surface area contributed by atoms with Gasteiger partial charge in [0.1, 0.15) is 11.9 Å². The van der Waals surface area contributed by atoms with Crippen LogP contribution in [-0.2, 0) is 9.53 Å². The van der Waals surface area contributed by atoms with E-state index in [9.17, 15) is 4.79 Å². The topological polar surface area (TPSA) is 59.6 Å². The molecule has 1 unspecified atom stereocenters. The first-order chi connectivity index (χ1) is 12.2. The molecule has 1 spiro atoms. The van der Waals surface area contributed by atoms with Crippen molar-refractivity contribution < 1.29 is 14.3 Å². The monoisotopic (exact) mass is 344 g/mol. The summed E-state index contributed by atoms with van der Waals surface area (Å²) in [6.45, 7) is 5.67. The van der Waals surface area contributed by atoms with Crippen LogP contribution in [0.3, 0.4) is 0 Å². The number of hydrogen-bond acceptors (Lipinski definition) is 4. The largest absolute Gasteiger partial charge is 0.490 e. The van der Waals surface area contributed by atoms with Crippen molar-refractivity contribution in [3.63, 3.8) is 0 Å². The van der Waals surface area contributed by atoms with Gasteiger partial charge in [0.2, 0.25) is 5.91 Å². The fourth-order valence-electron chi connectivity index (χ4n) is 4.26. The first-order valence-electron chi connectivity index (χ1n) is 9.53. The van der Waals surface area contributed by atoms with E-state index in [1.54, 1.807) is 0 Å². The molecule has 1 aliphatic carbocycles. The fraction of sp³-hybridized carbons (Fsp3) is 0.650. The third-order valence-corrected chi connectivity index (χ3v) is 6.01. The Morgan fingerprint density at radius 1 is 1.28 bits per heavy atom. The zero-order valence-corrected chi connectivity index (χ0v) is 15.0. The molecule has 2 N–H and O–H groups in total. The minimum atomic E-state index is 0.180. The number of hydrogen-bond donors (Lipinski definition) is 2. The molecule has 4 rings (SSSR count). The standard InChI is InChI=1S/C20H28N2O3/c1-14-12-15(2-3-18(14)25-16-4-10-24-11-5-16)22-19(23)17-13-20(17)6-8-21-9-7-20/h2-3,12,16-17,21H,4-11,13H2,1H3,(H,22,23). The number of carbonyl (C=O) groups excluding carboxylic acids is 1. The van der Waals surface area contributed by atoms with Crippen molar-refractivity contribution in [3.05, 3.63) is 23.8 Å². The molecule has 136 valence electrons.